The zero-order valence-electron chi connectivity index (χ0n) is 9.90. The summed E-state index contributed by atoms with van der Waals surface area (Å²) in [7, 11) is 1.60. The van der Waals surface area contributed by atoms with E-state index in [1.807, 2.05) is 20.8 Å². The maximum atomic E-state index is 11.1. The van der Waals surface area contributed by atoms with E-state index in [9.17, 15) is 4.79 Å². The SMILES string of the molecule is CCC(C)(N)CC(C)(C)NC(=O)NC. The number of nitrogens with one attached hydrogen (secondary N) is 2. The van der Waals surface area contributed by atoms with Crippen LogP contribution in [0.2, 0.25) is 0 Å². The van der Waals surface area contributed by atoms with E-state index in [-0.39, 0.29) is 17.1 Å². The number of rotatable bonds is 4. The highest BCUT2D eigenvalue weighted by Crippen LogP contribution is 2.20. The van der Waals surface area contributed by atoms with Crippen LogP contribution in [0.4, 0.5) is 4.79 Å². The molecule has 1 unspecified atom stereocenters. The lowest BCUT2D eigenvalue weighted by atomic mass is 9.84. The van der Waals surface area contributed by atoms with Crippen LogP contribution in [0, 0.1) is 0 Å². The van der Waals surface area contributed by atoms with Crippen LogP contribution in [0.1, 0.15) is 40.5 Å². The number of urea groups is 1. The van der Waals surface area contributed by atoms with E-state index in [1.54, 1.807) is 7.05 Å². The molecule has 0 fully saturated rings. The van der Waals surface area contributed by atoms with E-state index >= 15 is 0 Å². The maximum Gasteiger partial charge on any atom is 0.314 e. The van der Waals surface area contributed by atoms with E-state index in [2.05, 4.69) is 17.6 Å². The predicted octanol–water partition coefficient (Wildman–Crippen LogP) is 1.21. The van der Waals surface area contributed by atoms with Gasteiger partial charge < -0.3 is 16.4 Å². The average molecular weight is 201 g/mol. The fourth-order valence-electron chi connectivity index (χ4n) is 1.55. The number of carbonyl (C=O) groups is 1. The van der Waals surface area contributed by atoms with Crippen molar-refractivity contribution in [2.45, 2.75) is 51.6 Å². The standard InChI is InChI=1S/C10H23N3O/c1-6-10(4,11)7-9(2,3)13-8(14)12-5/h6-7,11H2,1-5H3,(H2,12,13,14). The number of carbonyl (C=O) groups excluding carboxylic acids is 1. The molecule has 2 amide bonds. The molecule has 0 rings (SSSR count). The minimum absolute atomic E-state index is 0.165. The van der Waals surface area contributed by atoms with Crippen LogP contribution < -0.4 is 16.4 Å². The van der Waals surface area contributed by atoms with Gasteiger partial charge >= 0.3 is 6.03 Å². The molecule has 0 radical (unpaired) electrons. The van der Waals surface area contributed by atoms with Gasteiger partial charge in [-0.05, 0) is 33.6 Å². The van der Waals surface area contributed by atoms with Gasteiger partial charge in [0.2, 0.25) is 0 Å². The lowest BCUT2D eigenvalue weighted by molar-refractivity contribution is 0.220. The van der Waals surface area contributed by atoms with Gasteiger partial charge in [0, 0.05) is 18.1 Å². The van der Waals surface area contributed by atoms with Crippen LogP contribution in [0.15, 0.2) is 0 Å². The summed E-state index contributed by atoms with van der Waals surface area (Å²) in [6.07, 6.45) is 1.65. The Hall–Kier alpha value is -0.770. The highest BCUT2D eigenvalue weighted by Gasteiger charge is 2.28. The Bertz CT molecular complexity index is 200. The molecule has 0 aliphatic carbocycles. The van der Waals surface area contributed by atoms with E-state index in [1.165, 1.54) is 0 Å². The second-order valence-electron chi connectivity index (χ2n) is 4.77. The molecule has 14 heavy (non-hydrogen) atoms. The molecule has 4 N–H and O–H groups in total. The van der Waals surface area contributed by atoms with Crippen molar-refractivity contribution in [1.29, 1.82) is 0 Å². The van der Waals surface area contributed by atoms with Crippen molar-refractivity contribution < 1.29 is 4.79 Å². The van der Waals surface area contributed by atoms with E-state index in [4.69, 9.17) is 5.73 Å². The highest BCUT2D eigenvalue weighted by atomic mass is 16.2. The topological polar surface area (TPSA) is 67.1 Å². The summed E-state index contributed by atoms with van der Waals surface area (Å²) in [5, 5.41) is 5.40. The van der Waals surface area contributed by atoms with E-state index in [0.29, 0.717) is 0 Å². The monoisotopic (exact) mass is 201 g/mol. The molecule has 0 aliphatic heterocycles. The largest absolute Gasteiger partial charge is 0.341 e. The van der Waals surface area contributed by atoms with Crippen molar-refractivity contribution in [1.82, 2.24) is 10.6 Å². The first-order valence-electron chi connectivity index (χ1n) is 5.01. The average Bonchev–Trinajstić information content (AvgIpc) is 2.01. The van der Waals surface area contributed by atoms with Crippen molar-refractivity contribution in [3.8, 4) is 0 Å². The predicted molar refractivity (Wildman–Crippen MR) is 59.2 cm³/mol. The first-order chi connectivity index (χ1) is 6.22. The highest BCUT2D eigenvalue weighted by molar-refractivity contribution is 5.74. The molecule has 0 aromatic heterocycles. The normalized spacial score (nSPS) is 15.9. The number of hydrogen-bond acceptors (Lipinski definition) is 2. The van der Waals surface area contributed by atoms with Gasteiger partial charge in [0.1, 0.15) is 0 Å². The molecule has 0 spiro atoms. The fraction of sp³-hybridized carbons (Fsp3) is 0.900. The smallest absolute Gasteiger partial charge is 0.314 e. The van der Waals surface area contributed by atoms with Crippen molar-refractivity contribution in [3.05, 3.63) is 0 Å². The minimum Gasteiger partial charge on any atom is -0.341 e. The van der Waals surface area contributed by atoms with Crippen LogP contribution >= 0.6 is 0 Å². The van der Waals surface area contributed by atoms with Crippen LogP contribution in [-0.2, 0) is 0 Å². The van der Waals surface area contributed by atoms with E-state index in [0.717, 1.165) is 12.8 Å². The quantitative estimate of drug-likeness (QED) is 0.640. The number of nitrogens with two attached hydrogens (primary N) is 1. The molecule has 0 bridgehead atoms. The van der Waals surface area contributed by atoms with Gasteiger partial charge in [-0.25, -0.2) is 4.79 Å². The maximum absolute atomic E-state index is 11.1. The molecule has 4 heteroatoms. The third-order valence-electron chi connectivity index (χ3n) is 2.33. The molecule has 84 valence electrons. The van der Waals surface area contributed by atoms with Crippen LogP contribution in [0.3, 0.4) is 0 Å². The Kier molecular flexibility index (Phi) is 4.39. The second-order valence-corrected chi connectivity index (χ2v) is 4.77. The summed E-state index contributed by atoms with van der Waals surface area (Å²) in [6.45, 7) is 8.00. The summed E-state index contributed by atoms with van der Waals surface area (Å²) < 4.78 is 0. The first kappa shape index (κ1) is 13.2. The van der Waals surface area contributed by atoms with E-state index < -0.39 is 0 Å². The molecule has 0 saturated heterocycles. The van der Waals surface area contributed by atoms with Gasteiger partial charge in [0.05, 0.1) is 0 Å². The van der Waals surface area contributed by atoms with Gasteiger partial charge in [0.25, 0.3) is 0 Å². The van der Waals surface area contributed by atoms with Crippen molar-refractivity contribution >= 4 is 6.03 Å². The van der Waals surface area contributed by atoms with Gasteiger partial charge in [-0.15, -0.1) is 0 Å². The van der Waals surface area contributed by atoms with Crippen molar-refractivity contribution in [3.63, 3.8) is 0 Å². The fourth-order valence-corrected chi connectivity index (χ4v) is 1.55. The summed E-state index contributed by atoms with van der Waals surface area (Å²) in [5.74, 6) is 0. The van der Waals surface area contributed by atoms with Gasteiger partial charge in [-0.1, -0.05) is 6.92 Å². The lowest BCUT2D eigenvalue weighted by Crippen LogP contribution is -2.53. The minimum atomic E-state index is -0.278. The number of amides is 2. The zero-order chi connectivity index (χ0) is 11.4. The third kappa shape index (κ3) is 5.07. The molecule has 0 heterocycles. The van der Waals surface area contributed by atoms with Gasteiger partial charge in [0.15, 0.2) is 0 Å². The summed E-state index contributed by atoms with van der Waals surface area (Å²) in [4.78, 5) is 11.1. The molecule has 4 nitrogen and oxygen atoms in total. The third-order valence-corrected chi connectivity index (χ3v) is 2.33. The number of hydrogen-bond donors (Lipinski definition) is 3. The molecular weight excluding hydrogens is 178 g/mol. The molecule has 0 saturated carbocycles. The molecule has 0 aromatic carbocycles. The van der Waals surface area contributed by atoms with Crippen molar-refractivity contribution in [2.24, 2.45) is 5.73 Å². The summed E-state index contributed by atoms with van der Waals surface area (Å²) >= 11 is 0. The molecule has 0 aliphatic rings. The Labute approximate surface area is 86.6 Å². The van der Waals surface area contributed by atoms with Crippen LogP contribution in [-0.4, -0.2) is 24.2 Å². The van der Waals surface area contributed by atoms with Gasteiger partial charge in [-0.2, -0.15) is 0 Å². The van der Waals surface area contributed by atoms with Gasteiger partial charge in [-0.3, -0.25) is 0 Å². The Balaban J connectivity index is 4.26. The Morgan fingerprint density at radius 2 is 1.86 bits per heavy atom. The summed E-state index contributed by atoms with van der Waals surface area (Å²) in [6, 6.07) is -0.165. The Morgan fingerprint density at radius 3 is 2.21 bits per heavy atom. The molecular formula is C10H23N3O. The van der Waals surface area contributed by atoms with Crippen LogP contribution in [0.25, 0.3) is 0 Å². The van der Waals surface area contributed by atoms with Crippen LogP contribution in [0.5, 0.6) is 0 Å². The second kappa shape index (κ2) is 4.64. The lowest BCUT2D eigenvalue weighted by Gasteiger charge is -2.34. The first-order valence-corrected chi connectivity index (χ1v) is 5.01. The Morgan fingerprint density at radius 1 is 1.36 bits per heavy atom. The molecule has 0 aromatic rings. The zero-order valence-corrected chi connectivity index (χ0v) is 9.90. The summed E-state index contributed by atoms with van der Waals surface area (Å²) in [5.41, 5.74) is 5.54. The van der Waals surface area contributed by atoms with Crippen molar-refractivity contribution in [2.75, 3.05) is 7.05 Å². The molecule has 1 atom stereocenters.